The highest BCUT2D eigenvalue weighted by Crippen LogP contribution is 2.28. The molecule has 1 unspecified atom stereocenters. The summed E-state index contributed by atoms with van der Waals surface area (Å²) in [5.74, 6) is 0.668. The van der Waals surface area contributed by atoms with Crippen molar-refractivity contribution in [1.29, 1.82) is 0 Å². The second-order valence-corrected chi connectivity index (χ2v) is 4.84. The van der Waals surface area contributed by atoms with Crippen molar-refractivity contribution < 1.29 is 9.84 Å². The van der Waals surface area contributed by atoms with Crippen LogP contribution in [0.15, 0.2) is 30.5 Å². The summed E-state index contributed by atoms with van der Waals surface area (Å²) in [6.07, 6.45) is 1.92. The molecule has 1 aromatic carbocycles. The maximum atomic E-state index is 9.70. The molecule has 0 bridgehead atoms. The predicted molar refractivity (Wildman–Crippen MR) is 74.5 cm³/mol. The Kier molecular flexibility index (Phi) is 4.45. The summed E-state index contributed by atoms with van der Waals surface area (Å²) in [7, 11) is 1.90. The van der Waals surface area contributed by atoms with Crippen LogP contribution in [-0.4, -0.2) is 21.5 Å². The number of hydrogen-bond donors (Lipinski definition) is 1. The Hall–Kier alpha value is -1.52. The van der Waals surface area contributed by atoms with Gasteiger partial charge in [0.15, 0.2) is 0 Å². The third-order valence-corrected chi connectivity index (χ3v) is 3.20. The van der Waals surface area contributed by atoms with E-state index in [1.54, 1.807) is 31.3 Å². The molecule has 4 nitrogen and oxygen atoms in total. The molecule has 1 atom stereocenters. The molecule has 0 aliphatic carbocycles. The summed E-state index contributed by atoms with van der Waals surface area (Å²) in [5.41, 5.74) is 1.81. The second kappa shape index (κ2) is 6.08. The van der Waals surface area contributed by atoms with Crippen LogP contribution in [-0.2, 0) is 13.5 Å². The van der Waals surface area contributed by atoms with Crippen LogP contribution >= 0.6 is 11.6 Å². The smallest absolute Gasteiger partial charge is 0.125 e. The number of nitrogens with zero attached hydrogens (tertiary/aromatic N) is 2. The molecule has 2 rings (SSSR count). The summed E-state index contributed by atoms with van der Waals surface area (Å²) in [6.45, 7) is 2.22. The summed E-state index contributed by atoms with van der Waals surface area (Å²) in [5, 5.41) is 14.4. The minimum Gasteiger partial charge on any atom is -0.493 e. The Bertz CT molecular complexity index is 552. The fraction of sp³-hybridized carbons (Fsp3) is 0.357. The summed E-state index contributed by atoms with van der Waals surface area (Å²) in [4.78, 5) is 0. The van der Waals surface area contributed by atoms with E-state index in [9.17, 15) is 5.11 Å². The molecule has 1 N–H and O–H groups in total. The lowest BCUT2D eigenvalue weighted by molar-refractivity contribution is 0.191. The van der Waals surface area contributed by atoms with Gasteiger partial charge in [0.1, 0.15) is 5.75 Å². The number of aliphatic hydroxyl groups excluding tert-OH is 1. The van der Waals surface area contributed by atoms with Crippen molar-refractivity contribution in [2.45, 2.75) is 19.4 Å². The zero-order valence-corrected chi connectivity index (χ0v) is 11.8. The highest BCUT2D eigenvalue weighted by molar-refractivity contribution is 6.30. The highest BCUT2D eigenvalue weighted by Gasteiger charge is 2.10. The molecule has 1 heterocycles. The van der Waals surface area contributed by atoms with Crippen LogP contribution < -0.4 is 4.74 Å². The van der Waals surface area contributed by atoms with Crippen molar-refractivity contribution in [3.05, 3.63) is 46.7 Å². The zero-order chi connectivity index (χ0) is 13.8. The topological polar surface area (TPSA) is 47.3 Å². The molecule has 102 valence electrons. The first kappa shape index (κ1) is 13.9. The van der Waals surface area contributed by atoms with Gasteiger partial charge in [-0.05, 0) is 31.2 Å². The molecule has 5 heteroatoms. The number of aromatic nitrogens is 2. The molecule has 1 aromatic heterocycles. The van der Waals surface area contributed by atoms with Gasteiger partial charge in [0, 0.05) is 35.9 Å². The maximum Gasteiger partial charge on any atom is 0.125 e. The van der Waals surface area contributed by atoms with Crippen molar-refractivity contribution in [1.82, 2.24) is 9.78 Å². The molecule has 0 saturated carbocycles. The van der Waals surface area contributed by atoms with Gasteiger partial charge in [-0.1, -0.05) is 11.6 Å². The average molecular weight is 281 g/mol. The molecular weight excluding hydrogens is 264 g/mol. The fourth-order valence-electron chi connectivity index (χ4n) is 1.89. The summed E-state index contributed by atoms with van der Waals surface area (Å²) in [6, 6.07) is 7.23. The van der Waals surface area contributed by atoms with Gasteiger partial charge < -0.3 is 9.84 Å². The number of aryl methyl sites for hydroxylation is 1. The van der Waals surface area contributed by atoms with E-state index in [-0.39, 0.29) is 0 Å². The van der Waals surface area contributed by atoms with Gasteiger partial charge >= 0.3 is 0 Å². The van der Waals surface area contributed by atoms with Gasteiger partial charge in [0.05, 0.1) is 12.7 Å². The van der Waals surface area contributed by atoms with E-state index in [0.29, 0.717) is 22.9 Å². The Morgan fingerprint density at radius 1 is 1.42 bits per heavy atom. The Morgan fingerprint density at radius 3 is 2.84 bits per heavy atom. The number of rotatable bonds is 5. The molecule has 19 heavy (non-hydrogen) atoms. The number of ether oxygens (including phenoxy) is 1. The standard InChI is InChI=1S/C14H17ClN2O2/c1-10(18)13-9-11(15)3-4-14(13)19-8-6-12-5-7-16-17(12)2/h3-5,7,9-10,18H,6,8H2,1-2H3. The largest absolute Gasteiger partial charge is 0.493 e. The SMILES string of the molecule is CC(O)c1cc(Cl)ccc1OCCc1ccnn1C. The normalized spacial score (nSPS) is 12.4. The number of hydrogen-bond acceptors (Lipinski definition) is 3. The van der Waals surface area contributed by atoms with Gasteiger partial charge in [-0.2, -0.15) is 5.10 Å². The first-order valence-corrected chi connectivity index (χ1v) is 6.53. The maximum absolute atomic E-state index is 9.70. The number of halogens is 1. The predicted octanol–water partition coefficient (Wildman–Crippen LogP) is 2.75. The van der Waals surface area contributed by atoms with E-state index in [4.69, 9.17) is 16.3 Å². The van der Waals surface area contributed by atoms with Crippen molar-refractivity contribution in [3.8, 4) is 5.75 Å². The van der Waals surface area contributed by atoms with Crippen LogP contribution in [0.4, 0.5) is 0 Å². The van der Waals surface area contributed by atoms with Gasteiger partial charge in [-0.25, -0.2) is 0 Å². The Balaban J connectivity index is 2.01. The minimum absolute atomic E-state index is 0.529. The van der Waals surface area contributed by atoms with E-state index >= 15 is 0 Å². The monoisotopic (exact) mass is 280 g/mol. The van der Waals surface area contributed by atoms with Gasteiger partial charge in [-0.3, -0.25) is 4.68 Å². The van der Waals surface area contributed by atoms with E-state index in [2.05, 4.69) is 5.10 Å². The third-order valence-electron chi connectivity index (χ3n) is 2.96. The van der Waals surface area contributed by atoms with Crippen molar-refractivity contribution in [2.75, 3.05) is 6.61 Å². The quantitative estimate of drug-likeness (QED) is 0.916. The first-order valence-electron chi connectivity index (χ1n) is 6.15. The minimum atomic E-state index is -0.606. The summed E-state index contributed by atoms with van der Waals surface area (Å²) >= 11 is 5.92. The molecule has 0 radical (unpaired) electrons. The molecule has 0 saturated heterocycles. The lowest BCUT2D eigenvalue weighted by atomic mass is 10.1. The lowest BCUT2D eigenvalue weighted by Crippen LogP contribution is -2.07. The number of aliphatic hydroxyl groups is 1. The van der Waals surface area contributed by atoms with Crippen LogP contribution in [0.1, 0.15) is 24.3 Å². The van der Waals surface area contributed by atoms with Crippen LogP contribution in [0.25, 0.3) is 0 Å². The van der Waals surface area contributed by atoms with Crippen molar-refractivity contribution >= 4 is 11.6 Å². The zero-order valence-electron chi connectivity index (χ0n) is 11.0. The highest BCUT2D eigenvalue weighted by atomic mass is 35.5. The lowest BCUT2D eigenvalue weighted by Gasteiger charge is -2.13. The summed E-state index contributed by atoms with van der Waals surface area (Å²) < 4.78 is 7.54. The van der Waals surface area contributed by atoms with Crippen LogP contribution in [0.2, 0.25) is 5.02 Å². The second-order valence-electron chi connectivity index (χ2n) is 4.40. The molecule has 0 aliphatic heterocycles. The third kappa shape index (κ3) is 3.49. The first-order chi connectivity index (χ1) is 9.08. The van der Waals surface area contributed by atoms with Crippen molar-refractivity contribution in [3.63, 3.8) is 0 Å². The molecule has 0 amide bonds. The fourth-order valence-corrected chi connectivity index (χ4v) is 2.07. The van der Waals surface area contributed by atoms with Crippen LogP contribution in [0.3, 0.4) is 0 Å². The molecular formula is C14H17ClN2O2. The van der Waals surface area contributed by atoms with Crippen molar-refractivity contribution in [2.24, 2.45) is 7.05 Å². The molecule has 0 aliphatic rings. The van der Waals surface area contributed by atoms with E-state index in [0.717, 1.165) is 12.1 Å². The van der Waals surface area contributed by atoms with Crippen LogP contribution in [0, 0.1) is 0 Å². The van der Waals surface area contributed by atoms with Crippen LogP contribution in [0.5, 0.6) is 5.75 Å². The van der Waals surface area contributed by atoms with Gasteiger partial charge in [-0.15, -0.1) is 0 Å². The van der Waals surface area contributed by atoms with Gasteiger partial charge in [0.2, 0.25) is 0 Å². The van der Waals surface area contributed by atoms with E-state index < -0.39 is 6.10 Å². The molecule has 0 fully saturated rings. The van der Waals surface area contributed by atoms with E-state index in [1.807, 2.05) is 17.8 Å². The molecule has 2 aromatic rings. The van der Waals surface area contributed by atoms with Gasteiger partial charge in [0.25, 0.3) is 0 Å². The Morgan fingerprint density at radius 2 is 2.21 bits per heavy atom. The van der Waals surface area contributed by atoms with E-state index in [1.165, 1.54) is 0 Å². The Labute approximate surface area is 117 Å². The number of benzene rings is 1. The average Bonchev–Trinajstić information content (AvgIpc) is 2.77. The molecule has 0 spiro atoms.